The van der Waals surface area contributed by atoms with E-state index < -0.39 is 17.2 Å². The largest absolute Gasteiger partial charge is 0.443 e. The van der Waals surface area contributed by atoms with Gasteiger partial charge >= 0.3 is 6.09 Å². The minimum absolute atomic E-state index is 0.0308. The number of aromatic nitrogens is 2. The number of morpholine rings is 1. The molecular weight excluding hydrogens is 488 g/mol. The number of hydrogen-bond donors (Lipinski definition) is 3. The average Bonchev–Trinajstić information content (AvgIpc) is 3.28. The topological polar surface area (TPSA) is 141 Å². The van der Waals surface area contributed by atoms with Gasteiger partial charge in [0, 0.05) is 31.8 Å². The van der Waals surface area contributed by atoms with E-state index in [9.17, 15) is 14.4 Å². The number of ether oxygens (including phenoxy) is 2. The molecular formula is C27H40N6O5. The quantitative estimate of drug-likeness (QED) is 0.470. The van der Waals surface area contributed by atoms with E-state index >= 15 is 0 Å². The molecule has 0 radical (unpaired) electrons. The second kappa shape index (κ2) is 10.2. The lowest BCUT2D eigenvalue weighted by Gasteiger charge is -2.58. The molecule has 1 aliphatic heterocycles. The first-order chi connectivity index (χ1) is 18.1. The van der Waals surface area contributed by atoms with E-state index in [1.54, 1.807) is 10.9 Å². The van der Waals surface area contributed by atoms with Crippen molar-refractivity contribution in [2.45, 2.75) is 76.5 Å². The predicted octanol–water partition coefficient (Wildman–Crippen LogP) is 2.27. The number of primary amides is 1. The van der Waals surface area contributed by atoms with Crippen LogP contribution in [0.4, 0.5) is 10.6 Å². The van der Waals surface area contributed by atoms with Gasteiger partial charge in [-0.1, -0.05) is 6.92 Å². The minimum atomic E-state index is -0.708. The van der Waals surface area contributed by atoms with E-state index in [0.717, 1.165) is 37.9 Å². The predicted molar refractivity (Wildman–Crippen MR) is 141 cm³/mol. The highest BCUT2D eigenvalue weighted by atomic mass is 16.6. The molecule has 2 atom stereocenters. The first-order valence-electron chi connectivity index (χ1n) is 13.8. The molecule has 2 heterocycles. The summed E-state index contributed by atoms with van der Waals surface area (Å²) in [5.41, 5.74) is 4.86. The standard InChI is InChI=1S/C27H40N6O5/c1-4-21(34)31-26(2,3)5-6-33-24(32-7-9-37-10-8-32)20(16-29-33)23(35)30-22-18-11-17-12-19(22)15-27(13-17,14-18)38-25(28)36/h5-6,16-19,22H,4,7-15H2,1-3H3,(H2,28,36)(H,30,35)(H,31,34)/b6-5+. The van der Waals surface area contributed by atoms with Gasteiger partial charge in [-0.25, -0.2) is 9.48 Å². The number of amides is 3. The van der Waals surface area contributed by atoms with Gasteiger partial charge in [0.1, 0.15) is 17.0 Å². The summed E-state index contributed by atoms with van der Waals surface area (Å²) in [6.07, 6.45) is 9.43. The maximum Gasteiger partial charge on any atom is 0.405 e. The van der Waals surface area contributed by atoms with Crippen LogP contribution in [0.3, 0.4) is 0 Å². The van der Waals surface area contributed by atoms with Gasteiger partial charge in [0.25, 0.3) is 5.91 Å². The Morgan fingerprint density at radius 2 is 1.89 bits per heavy atom. The summed E-state index contributed by atoms with van der Waals surface area (Å²) in [4.78, 5) is 39.4. The Morgan fingerprint density at radius 3 is 2.53 bits per heavy atom. The molecule has 1 saturated heterocycles. The fraction of sp³-hybridized carbons (Fsp3) is 0.704. The normalized spacial score (nSPS) is 30.4. The summed E-state index contributed by atoms with van der Waals surface area (Å²) in [6, 6.07) is 0.0308. The zero-order chi connectivity index (χ0) is 27.1. The van der Waals surface area contributed by atoms with Crippen molar-refractivity contribution < 1.29 is 23.9 Å². The van der Waals surface area contributed by atoms with Gasteiger partial charge in [0.15, 0.2) is 0 Å². The van der Waals surface area contributed by atoms with Gasteiger partial charge in [0.05, 0.1) is 24.9 Å². The van der Waals surface area contributed by atoms with Gasteiger partial charge in [-0.2, -0.15) is 5.10 Å². The number of hydrogen-bond acceptors (Lipinski definition) is 7. The lowest BCUT2D eigenvalue weighted by molar-refractivity contribution is -0.137. The van der Waals surface area contributed by atoms with Crippen molar-refractivity contribution >= 4 is 29.9 Å². The maximum atomic E-state index is 13.7. The number of nitrogens with two attached hydrogens (primary N) is 1. The zero-order valence-corrected chi connectivity index (χ0v) is 22.6. The summed E-state index contributed by atoms with van der Waals surface area (Å²) in [5, 5.41) is 10.9. The van der Waals surface area contributed by atoms with Crippen LogP contribution in [0.15, 0.2) is 12.3 Å². The molecule has 5 fully saturated rings. The number of nitrogens with zero attached hydrogens (tertiary/aromatic N) is 3. The number of nitrogens with one attached hydrogen (secondary N) is 2. The Bertz CT molecular complexity index is 1090. The van der Waals surface area contributed by atoms with Crippen LogP contribution in [0.5, 0.6) is 0 Å². The molecule has 3 amide bonds. The van der Waals surface area contributed by atoms with Crippen molar-refractivity contribution in [2.75, 3.05) is 31.2 Å². The Kier molecular flexibility index (Phi) is 7.15. The van der Waals surface area contributed by atoms with Crippen LogP contribution in [-0.4, -0.2) is 71.2 Å². The molecule has 4 bridgehead atoms. The van der Waals surface area contributed by atoms with Gasteiger partial charge in [-0.15, -0.1) is 0 Å². The molecule has 208 valence electrons. The van der Waals surface area contributed by atoms with Crippen LogP contribution in [0, 0.1) is 17.8 Å². The average molecular weight is 529 g/mol. The van der Waals surface area contributed by atoms with Gasteiger partial charge in [0.2, 0.25) is 5.91 Å². The maximum absolute atomic E-state index is 13.7. The zero-order valence-electron chi connectivity index (χ0n) is 22.6. The molecule has 11 nitrogen and oxygen atoms in total. The van der Waals surface area contributed by atoms with Crippen molar-refractivity contribution in [2.24, 2.45) is 23.5 Å². The highest BCUT2D eigenvalue weighted by molar-refractivity contribution is 5.99. The van der Waals surface area contributed by atoms with Gasteiger partial charge < -0.3 is 30.7 Å². The molecule has 2 unspecified atom stereocenters. The Hall–Kier alpha value is -3.08. The number of anilines is 1. The van der Waals surface area contributed by atoms with Crippen LogP contribution in [-0.2, 0) is 14.3 Å². The molecule has 1 aromatic rings. The Labute approximate surface area is 223 Å². The van der Waals surface area contributed by atoms with Crippen LogP contribution >= 0.6 is 0 Å². The van der Waals surface area contributed by atoms with E-state index in [1.807, 2.05) is 33.0 Å². The molecule has 0 aromatic carbocycles. The highest BCUT2D eigenvalue weighted by Gasteiger charge is 2.57. The summed E-state index contributed by atoms with van der Waals surface area (Å²) in [5.74, 6) is 1.56. The van der Waals surface area contributed by atoms with Crippen molar-refractivity contribution in [1.82, 2.24) is 20.4 Å². The highest BCUT2D eigenvalue weighted by Crippen LogP contribution is 2.57. The third-order valence-corrected chi connectivity index (χ3v) is 8.57. The van der Waals surface area contributed by atoms with E-state index in [2.05, 4.69) is 20.6 Å². The second-order valence-electron chi connectivity index (χ2n) is 11.9. The summed E-state index contributed by atoms with van der Waals surface area (Å²) < 4.78 is 12.9. The van der Waals surface area contributed by atoms with Crippen LogP contribution in [0.1, 0.15) is 69.7 Å². The monoisotopic (exact) mass is 528 g/mol. The lowest BCUT2D eigenvalue weighted by Crippen LogP contribution is -2.63. The van der Waals surface area contributed by atoms with Gasteiger partial charge in [-0.05, 0) is 69.8 Å². The first kappa shape index (κ1) is 26.5. The molecule has 4 saturated carbocycles. The lowest BCUT2D eigenvalue weighted by atomic mass is 9.52. The van der Waals surface area contributed by atoms with E-state index in [1.165, 1.54) is 0 Å². The van der Waals surface area contributed by atoms with E-state index in [0.29, 0.717) is 44.2 Å². The van der Waals surface area contributed by atoms with E-state index in [4.69, 9.17) is 15.2 Å². The molecule has 5 aliphatic rings. The molecule has 11 heteroatoms. The summed E-state index contributed by atoms with van der Waals surface area (Å²) >= 11 is 0. The Balaban J connectivity index is 1.36. The van der Waals surface area contributed by atoms with Crippen molar-refractivity contribution in [3.63, 3.8) is 0 Å². The second-order valence-corrected chi connectivity index (χ2v) is 11.9. The van der Waals surface area contributed by atoms with Crippen LogP contribution in [0.2, 0.25) is 0 Å². The van der Waals surface area contributed by atoms with E-state index in [-0.39, 0.29) is 29.7 Å². The molecule has 38 heavy (non-hydrogen) atoms. The summed E-state index contributed by atoms with van der Waals surface area (Å²) in [7, 11) is 0. The SMILES string of the molecule is CCC(=O)NC(C)(C)/C=C/n1ncc(C(=O)NC2C3CC4CC2CC(OC(N)=O)(C4)C3)c1N1CCOCC1. The molecule has 4 aliphatic carbocycles. The fourth-order valence-electron chi connectivity index (χ4n) is 7.21. The number of carbonyl (C=O) groups excluding carboxylic acids is 3. The smallest absolute Gasteiger partial charge is 0.405 e. The van der Waals surface area contributed by atoms with Gasteiger partial charge in [-0.3, -0.25) is 9.59 Å². The van der Waals surface area contributed by atoms with Crippen LogP contribution < -0.4 is 21.3 Å². The fourth-order valence-corrected chi connectivity index (χ4v) is 7.21. The molecule has 6 rings (SSSR count). The third kappa shape index (κ3) is 5.39. The molecule has 0 spiro atoms. The van der Waals surface area contributed by atoms with Crippen LogP contribution in [0.25, 0.3) is 6.20 Å². The first-order valence-corrected chi connectivity index (χ1v) is 13.8. The van der Waals surface area contributed by atoms with Crippen molar-refractivity contribution in [3.05, 3.63) is 17.8 Å². The number of carbonyl (C=O) groups is 3. The third-order valence-electron chi connectivity index (χ3n) is 8.57. The van der Waals surface area contributed by atoms with Crippen molar-refractivity contribution in [1.29, 1.82) is 0 Å². The Morgan fingerprint density at radius 1 is 1.21 bits per heavy atom. The van der Waals surface area contributed by atoms with Crippen molar-refractivity contribution in [3.8, 4) is 0 Å². The molecule has 1 aromatic heterocycles. The minimum Gasteiger partial charge on any atom is -0.443 e. The molecule has 4 N–H and O–H groups in total. The summed E-state index contributed by atoms with van der Waals surface area (Å²) in [6.45, 7) is 8.11. The number of rotatable bonds is 8.